The van der Waals surface area contributed by atoms with E-state index in [0.29, 0.717) is 0 Å². The van der Waals surface area contributed by atoms with Crippen molar-refractivity contribution in [3.8, 4) is 0 Å². The Hall–Kier alpha value is -2.97. The zero-order valence-corrected chi connectivity index (χ0v) is 10.6. The Balaban J connectivity index is 1.86. The number of hydrogen-bond acceptors (Lipinski definition) is 7. The molecule has 1 aliphatic rings. The van der Waals surface area contributed by atoms with Gasteiger partial charge >= 0.3 is 11.2 Å². The van der Waals surface area contributed by atoms with Gasteiger partial charge in [-0.05, 0) is 5.56 Å². The molecule has 0 aromatic heterocycles. The lowest BCUT2D eigenvalue weighted by molar-refractivity contribution is -0.724. The summed E-state index contributed by atoms with van der Waals surface area (Å²) in [5.41, 5.74) is 0.743. The van der Waals surface area contributed by atoms with Crippen LogP contribution in [-0.2, 0) is 25.7 Å². The quantitative estimate of drug-likeness (QED) is 0.465. The summed E-state index contributed by atoms with van der Waals surface area (Å²) in [4.78, 5) is 40.1. The lowest BCUT2D eigenvalue weighted by Crippen LogP contribution is -2.28. The molecule has 0 N–H and O–H groups in total. The molecular weight excluding hydrogens is 284 g/mol. The van der Waals surface area contributed by atoms with Crippen molar-refractivity contribution in [2.24, 2.45) is 4.99 Å². The van der Waals surface area contributed by atoms with Crippen molar-refractivity contribution in [1.82, 2.24) is 0 Å². The first kappa shape index (κ1) is 14.4. The van der Waals surface area contributed by atoms with Crippen LogP contribution in [0.15, 0.2) is 35.3 Å². The van der Waals surface area contributed by atoms with E-state index < -0.39 is 29.2 Å². The summed E-state index contributed by atoms with van der Waals surface area (Å²) >= 11 is 0. The van der Waals surface area contributed by atoms with Crippen molar-refractivity contribution in [2.45, 2.75) is 19.1 Å². The minimum absolute atomic E-state index is 0.0249. The van der Waals surface area contributed by atoms with Gasteiger partial charge in [0.05, 0.1) is 6.42 Å². The Bertz CT molecular complexity index is 585. The SMILES string of the molecule is O=C1CC(OC(=O)OCc2ccccc2)C(O[N+](=O)[O-])=N1. The van der Waals surface area contributed by atoms with Gasteiger partial charge < -0.3 is 9.47 Å². The number of ether oxygens (including phenoxy) is 2. The molecule has 0 fully saturated rings. The highest BCUT2D eigenvalue weighted by molar-refractivity contribution is 6.01. The molecule has 0 bridgehead atoms. The van der Waals surface area contributed by atoms with Crippen LogP contribution in [0.2, 0.25) is 0 Å². The van der Waals surface area contributed by atoms with Crippen LogP contribution in [-0.4, -0.2) is 29.2 Å². The van der Waals surface area contributed by atoms with Crippen molar-refractivity contribution < 1.29 is 29.0 Å². The molecule has 0 saturated carbocycles. The summed E-state index contributed by atoms with van der Waals surface area (Å²) in [5.74, 6) is -1.24. The number of carbonyl (C=O) groups excluding carboxylic acids is 2. The number of amides is 1. The molecule has 9 nitrogen and oxygen atoms in total. The molecule has 1 atom stereocenters. The van der Waals surface area contributed by atoms with Crippen molar-refractivity contribution in [3.63, 3.8) is 0 Å². The third kappa shape index (κ3) is 4.27. The standard InChI is InChI=1S/C12H10N2O7/c15-10-6-9(11(13-10)21-14(17)18)20-12(16)19-7-8-4-2-1-3-5-8/h1-5,9H,6-7H2. The van der Waals surface area contributed by atoms with Gasteiger partial charge in [-0.25, -0.2) is 4.79 Å². The summed E-state index contributed by atoms with van der Waals surface area (Å²) in [7, 11) is 0. The average molecular weight is 294 g/mol. The van der Waals surface area contributed by atoms with E-state index in [0.717, 1.165) is 5.56 Å². The monoisotopic (exact) mass is 294 g/mol. The number of aliphatic imine (C=N–C) groups is 1. The second kappa shape index (κ2) is 6.46. The Labute approximate surface area is 118 Å². The maximum Gasteiger partial charge on any atom is 0.509 e. The summed E-state index contributed by atoms with van der Waals surface area (Å²) in [6.07, 6.45) is -2.63. The van der Waals surface area contributed by atoms with E-state index in [4.69, 9.17) is 9.47 Å². The summed E-state index contributed by atoms with van der Waals surface area (Å²) < 4.78 is 9.60. The van der Waals surface area contributed by atoms with E-state index in [1.165, 1.54) is 0 Å². The van der Waals surface area contributed by atoms with Gasteiger partial charge in [0.15, 0.2) is 6.10 Å². The predicted molar refractivity (Wildman–Crippen MR) is 66.6 cm³/mol. The van der Waals surface area contributed by atoms with Crippen molar-refractivity contribution in [2.75, 3.05) is 0 Å². The number of nitrogens with zero attached hydrogens (tertiary/aromatic N) is 2. The molecule has 1 aromatic rings. The normalized spacial score (nSPS) is 17.0. The molecule has 1 amide bonds. The van der Waals surface area contributed by atoms with Crippen LogP contribution in [0.1, 0.15) is 12.0 Å². The number of benzene rings is 1. The Morgan fingerprint density at radius 1 is 1.38 bits per heavy atom. The fraction of sp³-hybridized carbons (Fsp3) is 0.250. The van der Waals surface area contributed by atoms with E-state index in [-0.39, 0.29) is 13.0 Å². The third-order valence-electron chi connectivity index (χ3n) is 2.48. The number of carbonyl (C=O) groups is 2. The molecule has 9 heteroatoms. The molecule has 110 valence electrons. The van der Waals surface area contributed by atoms with Crippen LogP contribution >= 0.6 is 0 Å². The van der Waals surface area contributed by atoms with Crippen LogP contribution in [0.3, 0.4) is 0 Å². The predicted octanol–water partition coefficient (Wildman–Crippen LogP) is 1.25. The average Bonchev–Trinajstić information content (AvgIpc) is 2.76. The summed E-state index contributed by atoms with van der Waals surface area (Å²) in [5, 5.41) is 9.09. The van der Waals surface area contributed by atoms with Gasteiger partial charge in [0.2, 0.25) is 5.90 Å². The van der Waals surface area contributed by atoms with Gasteiger partial charge in [-0.3, -0.25) is 9.63 Å². The Morgan fingerprint density at radius 2 is 2.10 bits per heavy atom. The van der Waals surface area contributed by atoms with Gasteiger partial charge in [-0.1, -0.05) is 30.3 Å². The zero-order valence-electron chi connectivity index (χ0n) is 10.6. The van der Waals surface area contributed by atoms with Crippen molar-refractivity contribution in [3.05, 3.63) is 46.0 Å². The van der Waals surface area contributed by atoms with Gasteiger partial charge in [0.25, 0.3) is 5.91 Å². The minimum atomic E-state index is -1.24. The molecule has 0 aliphatic carbocycles. The zero-order chi connectivity index (χ0) is 15.2. The first-order valence-corrected chi connectivity index (χ1v) is 5.85. The lowest BCUT2D eigenvalue weighted by Gasteiger charge is -2.12. The molecule has 1 unspecified atom stereocenters. The molecule has 0 spiro atoms. The lowest BCUT2D eigenvalue weighted by atomic mass is 10.2. The van der Waals surface area contributed by atoms with Crippen molar-refractivity contribution in [1.29, 1.82) is 0 Å². The van der Waals surface area contributed by atoms with Gasteiger partial charge in [-0.15, -0.1) is 10.1 Å². The number of rotatable bonds is 4. The molecule has 0 saturated heterocycles. The molecule has 0 radical (unpaired) electrons. The highest BCUT2D eigenvalue weighted by atomic mass is 17.0. The molecule has 21 heavy (non-hydrogen) atoms. The van der Waals surface area contributed by atoms with E-state index in [2.05, 4.69) is 9.83 Å². The van der Waals surface area contributed by atoms with E-state index in [9.17, 15) is 19.7 Å². The fourth-order valence-electron chi connectivity index (χ4n) is 1.60. The van der Waals surface area contributed by atoms with Crippen LogP contribution < -0.4 is 0 Å². The summed E-state index contributed by atoms with van der Waals surface area (Å²) in [6, 6.07) is 8.85. The highest BCUT2D eigenvalue weighted by Gasteiger charge is 2.33. The van der Waals surface area contributed by atoms with Crippen LogP contribution in [0.5, 0.6) is 0 Å². The second-order valence-corrected chi connectivity index (χ2v) is 3.99. The van der Waals surface area contributed by atoms with Crippen LogP contribution in [0, 0.1) is 10.1 Å². The highest BCUT2D eigenvalue weighted by Crippen LogP contribution is 2.14. The first-order valence-electron chi connectivity index (χ1n) is 5.85. The molecule has 1 aliphatic heterocycles. The Morgan fingerprint density at radius 3 is 2.76 bits per heavy atom. The van der Waals surface area contributed by atoms with Crippen molar-refractivity contribution >= 4 is 18.0 Å². The van der Waals surface area contributed by atoms with Crippen LogP contribution in [0.4, 0.5) is 4.79 Å². The maximum atomic E-state index is 11.5. The van der Waals surface area contributed by atoms with Crippen LogP contribution in [0.25, 0.3) is 0 Å². The molecule has 1 aromatic carbocycles. The molecule has 2 rings (SSSR count). The minimum Gasteiger partial charge on any atom is -0.429 e. The van der Waals surface area contributed by atoms with Gasteiger partial charge in [0, 0.05) is 0 Å². The first-order chi connectivity index (χ1) is 10.0. The third-order valence-corrected chi connectivity index (χ3v) is 2.48. The topological polar surface area (TPSA) is 117 Å². The van der Waals surface area contributed by atoms with E-state index in [1.807, 2.05) is 6.07 Å². The smallest absolute Gasteiger partial charge is 0.429 e. The van der Waals surface area contributed by atoms with Gasteiger partial charge in [-0.2, -0.15) is 4.99 Å². The molecule has 1 heterocycles. The Kier molecular flexibility index (Phi) is 4.44. The molecular formula is C12H10N2O7. The maximum absolute atomic E-state index is 11.5. The second-order valence-electron chi connectivity index (χ2n) is 3.99. The number of hydrogen-bond donors (Lipinski definition) is 0. The van der Waals surface area contributed by atoms with E-state index >= 15 is 0 Å². The fourth-order valence-corrected chi connectivity index (χ4v) is 1.60. The van der Waals surface area contributed by atoms with Gasteiger partial charge in [0.1, 0.15) is 6.61 Å². The van der Waals surface area contributed by atoms with E-state index in [1.54, 1.807) is 24.3 Å². The summed E-state index contributed by atoms with van der Waals surface area (Å²) in [6.45, 7) is -0.0249. The largest absolute Gasteiger partial charge is 0.509 e.